The van der Waals surface area contributed by atoms with Gasteiger partial charge in [-0.3, -0.25) is 4.79 Å². The first-order valence-corrected chi connectivity index (χ1v) is 7.98. The zero-order valence-corrected chi connectivity index (χ0v) is 13.4. The molecule has 1 aromatic carbocycles. The smallest absolute Gasteiger partial charge is 0.252 e. The molecule has 4 heteroatoms. The molecule has 1 amide bonds. The number of hydrogen-bond donors (Lipinski definition) is 1. The Morgan fingerprint density at radius 2 is 2.00 bits per heavy atom. The van der Waals surface area contributed by atoms with Gasteiger partial charge in [-0.15, -0.1) is 0 Å². The molecule has 1 aromatic rings. The molecule has 0 saturated heterocycles. The van der Waals surface area contributed by atoms with Crippen LogP contribution in [-0.4, -0.2) is 12.5 Å². The van der Waals surface area contributed by atoms with Gasteiger partial charge in [0.05, 0.1) is 5.56 Å². The van der Waals surface area contributed by atoms with Crippen LogP contribution in [0.2, 0.25) is 0 Å². The summed E-state index contributed by atoms with van der Waals surface area (Å²) in [5.41, 5.74) is 0.691. The molecular weight excluding hydrogens is 358 g/mol. The van der Waals surface area contributed by atoms with Gasteiger partial charge < -0.3 is 5.32 Å². The number of carbonyl (C=O) groups is 1. The minimum atomic E-state index is 0.00109. The Morgan fingerprint density at radius 1 is 1.28 bits per heavy atom. The Labute approximate surface area is 125 Å². The number of carbonyl (C=O) groups excluding carboxylic acids is 1. The number of amides is 1. The van der Waals surface area contributed by atoms with E-state index in [1.54, 1.807) is 0 Å². The summed E-state index contributed by atoms with van der Waals surface area (Å²) in [5, 5.41) is 3.00. The van der Waals surface area contributed by atoms with Crippen LogP contribution in [0.5, 0.6) is 0 Å². The van der Waals surface area contributed by atoms with Crippen molar-refractivity contribution in [3.8, 4) is 0 Å². The standard InChI is InChI=1S/C14H17Br2NO/c15-11-5-6-13(16)12(9-11)14(18)17-8-7-10-3-1-2-4-10/h5-6,9-10H,1-4,7-8H2,(H,17,18). The van der Waals surface area contributed by atoms with Gasteiger partial charge in [-0.2, -0.15) is 0 Å². The third kappa shape index (κ3) is 3.82. The van der Waals surface area contributed by atoms with E-state index < -0.39 is 0 Å². The van der Waals surface area contributed by atoms with E-state index in [2.05, 4.69) is 37.2 Å². The third-order valence-corrected chi connectivity index (χ3v) is 4.67. The van der Waals surface area contributed by atoms with Crippen LogP contribution < -0.4 is 5.32 Å². The van der Waals surface area contributed by atoms with Crippen LogP contribution in [0.4, 0.5) is 0 Å². The molecule has 1 N–H and O–H groups in total. The minimum absolute atomic E-state index is 0.00109. The van der Waals surface area contributed by atoms with Gasteiger partial charge in [-0.1, -0.05) is 41.6 Å². The second-order valence-electron chi connectivity index (χ2n) is 4.82. The summed E-state index contributed by atoms with van der Waals surface area (Å²) < 4.78 is 1.76. The summed E-state index contributed by atoms with van der Waals surface area (Å²) in [7, 11) is 0. The number of hydrogen-bond acceptors (Lipinski definition) is 1. The molecule has 0 spiro atoms. The van der Waals surface area contributed by atoms with Crippen LogP contribution in [0.25, 0.3) is 0 Å². The van der Waals surface area contributed by atoms with Crippen molar-refractivity contribution in [2.75, 3.05) is 6.54 Å². The number of rotatable bonds is 4. The average molecular weight is 375 g/mol. The van der Waals surface area contributed by atoms with Crippen LogP contribution in [0.15, 0.2) is 27.1 Å². The first-order valence-electron chi connectivity index (χ1n) is 6.40. The molecule has 0 unspecified atom stereocenters. The Morgan fingerprint density at radius 3 is 2.72 bits per heavy atom. The zero-order valence-electron chi connectivity index (χ0n) is 10.2. The van der Waals surface area contributed by atoms with E-state index in [4.69, 9.17) is 0 Å². The summed E-state index contributed by atoms with van der Waals surface area (Å²) in [6.07, 6.45) is 6.48. The second-order valence-corrected chi connectivity index (χ2v) is 6.59. The lowest BCUT2D eigenvalue weighted by atomic mass is 10.0. The Bertz CT molecular complexity index is 428. The summed E-state index contributed by atoms with van der Waals surface area (Å²) in [4.78, 5) is 12.0. The van der Waals surface area contributed by atoms with E-state index in [0.29, 0.717) is 5.56 Å². The molecule has 0 aromatic heterocycles. The molecule has 98 valence electrons. The van der Waals surface area contributed by atoms with Crippen LogP contribution in [0, 0.1) is 5.92 Å². The predicted octanol–water partition coefficient (Wildman–Crippen LogP) is 4.52. The fourth-order valence-corrected chi connectivity index (χ4v) is 3.24. The van der Waals surface area contributed by atoms with Crippen molar-refractivity contribution in [1.29, 1.82) is 0 Å². The van der Waals surface area contributed by atoms with Gasteiger partial charge in [0.2, 0.25) is 0 Å². The monoisotopic (exact) mass is 373 g/mol. The topological polar surface area (TPSA) is 29.1 Å². The van der Waals surface area contributed by atoms with Crippen molar-refractivity contribution in [2.45, 2.75) is 32.1 Å². The van der Waals surface area contributed by atoms with Crippen LogP contribution in [0.3, 0.4) is 0 Å². The summed E-state index contributed by atoms with van der Waals surface area (Å²) in [6, 6.07) is 5.64. The van der Waals surface area contributed by atoms with E-state index in [0.717, 1.165) is 27.8 Å². The summed E-state index contributed by atoms with van der Waals surface area (Å²) in [5.74, 6) is 0.817. The zero-order chi connectivity index (χ0) is 13.0. The summed E-state index contributed by atoms with van der Waals surface area (Å²) in [6.45, 7) is 0.780. The van der Waals surface area contributed by atoms with Crippen molar-refractivity contribution in [3.63, 3.8) is 0 Å². The van der Waals surface area contributed by atoms with Crippen molar-refractivity contribution in [1.82, 2.24) is 5.32 Å². The molecule has 0 radical (unpaired) electrons. The molecule has 0 bridgehead atoms. The Hall–Kier alpha value is -0.350. The third-order valence-electron chi connectivity index (χ3n) is 3.49. The van der Waals surface area contributed by atoms with Crippen LogP contribution >= 0.6 is 31.9 Å². The molecule has 0 aliphatic heterocycles. The van der Waals surface area contributed by atoms with Gasteiger partial charge in [0.25, 0.3) is 5.91 Å². The molecule has 2 nitrogen and oxygen atoms in total. The van der Waals surface area contributed by atoms with Gasteiger partial charge in [0, 0.05) is 15.5 Å². The molecule has 0 atom stereocenters. The van der Waals surface area contributed by atoms with E-state index in [1.165, 1.54) is 25.7 Å². The van der Waals surface area contributed by atoms with Crippen molar-refractivity contribution < 1.29 is 4.79 Å². The molecule has 2 rings (SSSR count). The van der Waals surface area contributed by atoms with Gasteiger partial charge in [-0.05, 0) is 46.5 Å². The highest BCUT2D eigenvalue weighted by molar-refractivity contribution is 9.11. The Balaban J connectivity index is 1.85. The fraction of sp³-hybridized carbons (Fsp3) is 0.500. The van der Waals surface area contributed by atoms with Crippen molar-refractivity contribution in [3.05, 3.63) is 32.7 Å². The number of nitrogens with one attached hydrogen (secondary N) is 1. The first kappa shape index (κ1) is 14.1. The SMILES string of the molecule is O=C(NCCC1CCCC1)c1cc(Br)ccc1Br. The van der Waals surface area contributed by atoms with Gasteiger partial charge in [0.1, 0.15) is 0 Å². The lowest BCUT2D eigenvalue weighted by molar-refractivity contribution is 0.0950. The quantitative estimate of drug-likeness (QED) is 0.824. The molecule has 1 fully saturated rings. The number of halogens is 2. The highest BCUT2D eigenvalue weighted by Crippen LogP contribution is 2.27. The minimum Gasteiger partial charge on any atom is -0.352 e. The van der Waals surface area contributed by atoms with E-state index >= 15 is 0 Å². The Kier molecular flexibility index (Phi) is 5.25. The van der Waals surface area contributed by atoms with E-state index in [1.807, 2.05) is 18.2 Å². The lowest BCUT2D eigenvalue weighted by Crippen LogP contribution is -2.26. The predicted molar refractivity (Wildman–Crippen MR) is 80.8 cm³/mol. The largest absolute Gasteiger partial charge is 0.352 e. The maximum Gasteiger partial charge on any atom is 0.252 e. The molecular formula is C14H17Br2NO. The van der Waals surface area contributed by atoms with Crippen LogP contribution in [-0.2, 0) is 0 Å². The fourth-order valence-electron chi connectivity index (χ4n) is 2.46. The normalized spacial score (nSPS) is 15.9. The average Bonchev–Trinajstić information content (AvgIpc) is 2.85. The lowest BCUT2D eigenvalue weighted by Gasteiger charge is -2.10. The van der Waals surface area contributed by atoms with Crippen molar-refractivity contribution >= 4 is 37.8 Å². The maximum atomic E-state index is 12.0. The van der Waals surface area contributed by atoms with Crippen molar-refractivity contribution in [2.24, 2.45) is 5.92 Å². The highest BCUT2D eigenvalue weighted by Gasteiger charge is 2.15. The van der Waals surface area contributed by atoms with Gasteiger partial charge >= 0.3 is 0 Å². The molecule has 1 aliphatic carbocycles. The number of benzene rings is 1. The highest BCUT2D eigenvalue weighted by atomic mass is 79.9. The van der Waals surface area contributed by atoms with Crippen LogP contribution in [0.1, 0.15) is 42.5 Å². The van der Waals surface area contributed by atoms with Gasteiger partial charge in [-0.25, -0.2) is 0 Å². The van der Waals surface area contributed by atoms with E-state index in [-0.39, 0.29) is 5.91 Å². The first-order chi connectivity index (χ1) is 8.66. The molecule has 0 heterocycles. The molecule has 1 aliphatic rings. The second kappa shape index (κ2) is 6.71. The van der Waals surface area contributed by atoms with Gasteiger partial charge in [0.15, 0.2) is 0 Å². The summed E-state index contributed by atoms with van der Waals surface area (Å²) >= 11 is 6.79. The molecule has 1 saturated carbocycles. The molecule has 18 heavy (non-hydrogen) atoms. The maximum absolute atomic E-state index is 12.0. The van der Waals surface area contributed by atoms with E-state index in [9.17, 15) is 4.79 Å².